The summed E-state index contributed by atoms with van der Waals surface area (Å²) in [5.74, 6) is -1.74. The number of hydroxylamine groups is 2. The molecule has 0 aromatic heterocycles. The van der Waals surface area contributed by atoms with Crippen LogP contribution in [0.3, 0.4) is 0 Å². The molecule has 1 unspecified atom stereocenters. The zero-order chi connectivity index (χ0) is 23.7. The summed E-state index contributed by atoms with van der Waals surface area (Å²) in [4.78, 5) is 17.5. The fourth-order valence-electron chi connectivity index (χ4n) is 3.36. The molecule has 2 aromatic rings. The first kappa shape index (κ1) is 23.4. The Morgan fingerprint density at radius 1 is 1.03 bits per heavy atom. The van der Waals surface area contributed by atoms with E-state index < -0.39 is 47.4 Å². The number of carbonyl (C=O) groups excluding carboxylic acids is 1. The Kier molecular flexibility index (Phi) is 6.36. The van der Waals surface area contributed by atoms with Crippen LogP contribution in [0.25, 0.3) is 5.76 Å². The number of hydrogen-bond donors (Lipinski definition) is 1. The molecule has 1 heterocycles. The summed E-state index contributed by atoms with van der Waals surface area (Å²) in [6.07, 6.45) is -6.77. The van der Waals surface area contributed by atoms with Gasteiger partial charge >= 0.3 is 12.4 Å². The van der Waals surface area contributed by atoms with Crippen molar-refractivity contribution in [3.05, 3.63) is 82.4 Å². The highest BCUT2D eigenvalue weighted by Gasteiger charge is 2.42. The van der Waals surface area contributed by atoms with E-state index in [9.17, 15) is 36.2 Å². The molecule has 0 bridgehead atoms. The highest BCUT2D eigenvalue weighted by Crippen LogP contribution is 2.45. The van der Waals surface area contributed by atoms with Gasteiger partial charge in [0.1, 0.15) is 5.75 Å². The van der Waals surface area contributed by atoms with Crippen LogP contribution >= 0.6 is 0 Å². The number of aldehydes is 1. The van der Waals surface area contributed by atoms with Crippen LogP contribution in [-0.4, -0.2) is 22.5 Å². The van der Waals surface area contributed by atoms with Crippen molar-refractivity contribution in [2.75, 3.05) is 0 Å². The van der Waals surface area contributed by atoms with Gasteiger partial charge in [-0.15, -0.1) is 5.06 Å². The number of benzene rings is 2. The van der Waals surface area contributed by atoms with Crippen molar-refractivity contribution in [3.63, 3.8) is 0 Å². The highest BCUT2D eigenvalue weighted by molar-refractivity contribution is 5.89. The van der Waals surface area contributed by atoms with E-state index in [-0.39, 0.29) is 11.3 Å². The van der Waals surface area contributed by atoms with Crippen molar-refractivity contribution < 1.29 is 41.1 Å². The van der Waals surface area contributed by atoms with Crippen molar-refractivity contribution >= 4 is 12.0 Å². The van der Waals surface area contributed by atoms with Gasteiger partial charge in [-0.2, -0.15) is 26.3 Å². The van der Waals surface area contributed by atoms with Gasteiger partial charge in [-0.05, 0) is 24.6 Å². The van der Waals surface area contributed by atoms with E-state index in [0.717, 1.165) is 5.06 Å². The molecule has 10 heteroatoms. The number of alkyl halides is 6. The second kappa shape index (κ2) is 8.70. The van der Waals surface area contributed by atoms with Gasteiger partial charge in [-0.1, -0.05) is 42.5 Å². The summed E-state index contributed by atoms with van der Waals surface area (Å²) in [5.41, 5.74) is -3.34. The minimum Gasteiger partial charge on any atom is -0.507 e. The first-order valence-electron chi connectivity index (χ1n) is 9.29. The Balaban J connectivity index is 2.05. The van der Waals surface area contributed by atoms with Crippen LogP contribution in [0.2, 0.25) is 0 Å². The first-order valence-corrected chi connectivity index (χ1v) is 9.29. The fraction of sp³-hybridized carbons (Fsp3) is 0.227. The molecule has 170 valence electrons. The van der Waals surface area contributed by atoms with E-state index in [4.69, 9.17) is 4.84 Å². The lowest BCUT2D eigenvalue weighted by Crippen LogP contribution is -2.29. The number of carbonyl (C=O) groups is 1. The van der Waals surface area contributed by atoms with Crippen LogP contribution in [-0.2, 0) is 28.5 Å². The second-order valence-electron chi connectivity index (χ2n) is 6.94. The average Bonchev–Trinajstić information content (AvgIpc) is 3.05. The predicted molar refractivity (Wildman–Crippen MR) is 103 cm³/mol. The van der Waals surface area contributed by atoms with Crippen molar-refractivity contribution in [2.24, 2.45) is 0 Å². The summed E-state index contributed by atoms with van der Waals surface area (Å²) in [6, 6.07) is 8.43. The van der Waals surface area contributed by atoms with E-state index in [1.165, 1.54) is 6.08 Å². The third-order valence-electron chi connectivity index (χ3n) is 4.76. The van der Waals surface area contributed by atoms with E-state index in [1.807, 2.05) is 0 Å². The lowest BCUT2D eigenvalue weighted by atomic mass is 10.0. The normalized spacial score (nSPS) is 17.8. The summed E-state index contributed by atoms with van der Waals surface area (Å²) >= 11 is 0. The lowest BCUT2D eigenvalue weighted by Gasteiger charge is -2.23. The first-order chi connectivity index (χ1) is 15.0. The van der Waals surface area contributed by atoms with Crippen LogP contribution in [0.5, 0.6) is 5.75 Å². The van der Waals surface area contributed by atoms with Crippen LogP contribution in [0.15, 0.2) is 60.2 Å². The van der Waals surface area contributed by atoms with Gasteiger partial charge in [-0.25, -0.2) is 0 Å². The maximum atomic E-state index is 13.3. The zero-order valence-electron chi connectivity index (χ0n) is 16.5. The quantitative estimate of drug-likeness (QED) is 0.354. The van der Waals surface area contributed by atoms with Gasteiger partial charge in [0.15, 0.2) is 12.0 Å². The van der Waals surface area contributed by atoms with Crippen LogP contribution < -0.4 is 0 Å². The average molecular weight is 457 g/mol. The predicted octanol–water partition coefficient (Wildman–Crippen LogP) is 5.73. The van der Waals surface area contributed by atoms with Gasteiger partial charge in [0, 0.05) is 5.56 Å². The van der Waals surface area contributed by atoms with Crippen LogP contribution in [0.1, 0.15) is 29.2 Å². The minimum atomic E-state index is -5.21. The van der Waals surface area contributed by atoms with Gasteiger partial charge in [0.2, 0.25) is 0 Å². The van der Waals surface area contributed by atoms with Crippen molar-refractivity contribution in [1.82, 2.24) is 5.06 Å². The van der Waals surface area contributed by atoms with Gasteiger partial charge in [0.05, 0.1) is 29.3 Å². The molecule has 2 aromatic carbocycles. The number of aromatic hydroxyl groups is 1. The molecule has 0 aliphatic carbocycles. The summed E-state index contributed by atoms with van der Waals surface area (Å²) in [7, 11) is 0. The minimum absolute atomic E-state index is 0.148. The molecule has 0 saturated carbocycles. The zero-order valence-corrected chi connectivity index (χ0v) is 16.5. The molecule has 0 radical (unpaired) electrons. The van der Waals surface area contributed by atoms with Gasteiger partial charge in [0.25, 0.3) is 0 Å². The third kappa shape index (κ3) is 4.64. The van der Waals surface area contributed by atoms with Crippen molar-refractivity contribution in [2.45, 2.75) is 31.9 Å². The summed E-state index contributed by atoms with van der Waals surface area (Å²) < 4.78 is 79.6. The van der Waals surface area contributed by atoms with E-state index in [1.54, 1.807) is 43.3 Å². The molecular formula is C22H17F6NO3. The van der Waals surface area contributed by atoms with Crippen molar-refractivity contribution in [1.29, 1.82) is 0 Å². The summed E-state index contributed by atoms with van der Waals surface area (Å²) in [5, 5.41) is 10.7. The Morgan fingerprint density at radius 3 is 2.06 bits per heavy atom. The summed E-state index contributed by atoms with van der Waals surface area (Å²) in [6.45, 7) is 1.13. The Bertz CT molecular complexity index is 1020. The molecule has 0 fully saturated rings. The standard InChI is InChI=1S/C22H17F6NO3/c1-2-6-18-15(12-30)20(14-7-4-3-5-8-14)32-29(18)11-13-9-16(21(23,24)25)19(31)17(10-13)22(26,27)28/h2-10,12,18,31H,11H2,1H3. The van der Waals surface area contributed by atoms with Crippen LogP contribution in [0.4, 0.5) is 26.3 Å². The number of phenolic OH excluding ortho intramolecular Hbond substituents is 1. The monoisotopic (exact) mass is 457 g/mol. The SMILES string of the molecule is CC=CC1C(C=O)=C(c2ccccc2)ON1Cc1cc(C(F)(F)F)c(O)c(C(F)(F)F)c1. The molecule has 1 aliphatic heterocycles. The molecule has 1 atom stereocenters. The number of phenols is 1. The molecule has 1 N–H and O–H groups in total. The topological polar surface area (TPSA) is 49.8 Å². The largest absolute Gasteiger partial charge is 0.507 e. The number of rotatable bonds is 5. The number of halogens is 6. The number of allylic oxidation sites excluding steroid dienone is 1. The number of nitrogens with zero attached hydrogens (tertiary/aromatic N) is 1. The third-order valence-corrected chi connectivity index (χ3v) is 4.76. The molecule has 0 spiro atoms. The van der Waals surface area contributed by atoms with E-state index in [2.05, 4.69) is 0 Å². The molecule has 1 aliphatic rings. The Labute approximate surface area is 179 Å². The molecular weight excluding hydrogens is 440 g/mol. The van der Waals surface area contributed by atoms with Gasteiger partial charge < -0.3 is 9.94 Å². The fourth-order valence-corrected chi connectivity index (χ4v) is 3.36. The molecule has 0 amide bonds. The lowest BCUT2D eigenvalue weighted by molar-refractivity contribution is -0.145. The molecule has 32 heavy (non-hydrogen) atoms. The Hall–Kier alpha value is -3.27. The molecule has 4 nitrogen and oxygen atoms in total. The Morgan fingerprint density at radius 2 is 1.59 bits per heavy atom. The van der Waals surface area contributed by atoms with Crippen molar-refractivity contribution in [3.8, 4) is 5.75 Å². The van der Waals surface area contributed by atoms with Gasteiger partial charge in [-0.3, -0.25) is 4.79 Å². The molecule has 0 saturated heterocycles. The smallest absolute Gasteiger partial charge is 0.419 e. The maximum absolute atomic E-state index is 13.3. The van der Waals surface area contributed by atoms with Crippen LogP contribution in [0, 0.1) is 0 Å². The molecule has 3 rings (SSSR count). The highest BCUT2D eigenvalue weighted by atomic mass is 19.4. The second-order valence-corrected chi connectivity index (χ2v) is 6.94. The van der Waals surface area contributed by atoms with E-state index >= 15 is 0 Å². The maximum Gasteiger partial charge on any atom is 0.419 e. The number of hydrogen-bond acceptors (Lipinski definition) is 4. The van der Waals surface area contributed by atoms with E-state index in [0.29, 0.717) is 24.0 Å².